The van der Waals surface area contributed by atoms with Crippen LogP contribution in [0.5, 0.6) is 0 Å². The third-order valence-corrected chi connectivity index (χ3v) is 1.24. The van der Waals surface area contributed by atoms with Crippen molar-refractivity contribution in [1.82, 2.24) is 4.75 Å². The van der Waals surface area contributed by atoms with Crippen LogP contribution in [0.15, 0.2) is 0 Å². The summed E-state index contributed by atoms with van der Waals surface area (Å²) >= 11 is 0.289. The van der Waals surface area contributed by atoms with Gasteiger partial charge in [-0.25, -0.2) is 0 Å². The smallest absolute Gasteiger partial charge is 0.0820 e. The highest BCUT2D eigenvalue weighted by Crippen LogP contribution is 2.10. The molecule has 8 heavy (non-hydrogen) atoms. The van der Waals surface area contributed by atoms with Gasteiger partial charge in [-0.15, -0.1) is 0 Å². The molecule has 2 nitrogen and oxygen atoms in total. The Kier molecular flexibility index (Phi) is 4.12. The molecule has 0 fully saturated rings. The fourth-order valence-electron chi connectivity index (χ4n) is 0.164. The van der Waals surface area contributed by atoms with Crippen LogP contribution in [-0.4, -0.2) is 21.7 Å². The van der Waals surface area contributed by atoms with E-state index in [-0.39, 0.29) is 17.7 Å². The van der Waals surface area contributed by atoms with Crippen LogP contribution in [0.2, 0.25) is 0 Å². The van der Waals surface area contributed by atoms with Gasteiger partial charge in [-0.05, 0) is 18.9 Å². The number of hydrogen-bond donors (Lipinski definition) is 1. The van der Waals surface area contributed by atoms with E-state index in [0.29, 0.717) is 0 Å². The fraction of sp³-hybridized carbons (Fsp3) is 1.00. The second-order valence-electron chi connectivity index (χ2n) is 1.35. The van der Waals surface area contributed by atoms with E-state index in [1.807, 2.05) is 0 Å². The minimum atomic E-state index is -1.02. The van der Waals surface area contributed by atoms with Gasteiger partial charge in [-0.2, -0.15) is 0 Å². The fourth-order valence-corrected chi connectivity index (χ4v) is 0.493. The van der Waals surface area contributed by atoms with Gasteiger partial charge < -0.3 is 5.11 Å². The van der Waals surface area contributed by atoms with Gasteiger partial charge in [0.05, 0.1) is 10.9 Å². The average molecular weight is 143 g/mol. The molecule has 0 aliphatic heterocycles. The summed E-state index contributed by atoms with van der Waals surface area (Å²) in [6, 6.07) is 0. The first-order valence-corrected chi connectivity index (χ1v) is 3.00. The van der Waals surface area contributed by atoms with Gasteiger partial charge in [0.1, 0.15) is 0 Å². The van der Waals surface area contributed by atoms with Crippen LogP contribution < -0.4 is 0 Å². The largest absolute Gasteiger partial charge is 0.393 e. The molecule has 0 aliphatic carbocycles. The minimum Gasteiger partial charge on any atom is -0.393 e. The molecule has 0 bridgehead atoms. The van der Waals surface area contributed by atoms with Gasteiger partial charge in [-0.3, -0.25) is 0 Å². The zero-order chi connectivity index (χ0) is 6.57. The monoisotopic (exact) mass is 143 g/mol. The molecule has 1 unspecified atom stereocenters. The molecule has 0 aliphatic rings. The first kappa shape index (κ1) is 8.13. The molecule has 0 heterocycles. The van der Waals surface area contributed by atoms with Crippen LogP contribution in [0.3, 0.4) is 0 Å². The summed E-state index contributed by atoms with van der Waals surface area (Å²) in [4.78, 5) is 0. The maximum atomic E-state index is 11.1. The van der Waals surface area contributed by atoms with Crippen LogP contribution in [-0.2, 0) is 0 Å². The van der Waals surface area contributed by atoms with Gasteiger partial charge in [0.25, 0.3) is 0 Å². The molecule has 50 valence electrons. The first-order chi connectivity index (χ1) is 3.63. The molecular weight excluding hydrogens is 136 g/mol. The summed E-state index contributed by atoms with van der Waals surface area (Å²) < 4.78 is 21.1. The zero-order valence-electron chi connectivity index (χ0n) is 4.34. The minimum absolute atomic E-state index is 0.0347. The summed E-state index contributed by atoms with van der Waals surface area (Å²) in [5, 5.41) is 8.42. The molecule has 0 aromatic heterocycles. The molecule has 0 rings (SSSR count). The highest BCUT2D eigenvalue weighted by Gasteiger charge is 2.01. The van der Waals surface area contributed by atoms with Crippen LogP contribution in [0, 0.1) is 0 Å². The number of aliphatic hydroxyl groups is 1. The van der Waals surface area contributed by atoms with E-state index in [1.54, 1.807) is 0 Å². The second kappa shape index (κ2) is 4.05. The molecule has 0 aromatic carbocycles. The second-order valence-corrected chi connectivity index (χ2v) is 2.21. The molecular formula is C3H7F2NOS. The summed E-state index contributed by atoms with van der Waals surface area (Å²) in [7, 11) is 0. The van der Waals surface area contributed by atoms with Crippen molar-refractivity contribution in [3.63, 3.8) is 0 Å². The van der Waals surface area contributed by atoms with E-state index in [9.17, 15) is 8.96 Å². The van der Waals surface area contributed by atoms with Crippen molar-refractivity contribution in [2.75, 3.05) is 5.75 Å². The van der Waals surface area contributed by atoms with Crippen molar-refractivity contribution in [1.29, 1.82) is 0 Å². The Morgan fingerprint density at radius 1 is 1.75 bits per heavy atom. The molecule has 0 radical (unpaired) electrons. The lowest BCUT2D eigenvalue weighted by atomic mass is 10.5. The molecule has 0 saturated heterocycles. The predicted octanol–water partition coefficient (Wildman–Crippen LogP) is 1.09. The van der Waals surface area contributed by atoms with E-state index < -0.39 is 10.9 Å². The summed E-state index contributed by atoms with van der Waals surface area (Å²) in [5.41, 5.74) is 0. The van der Waals surface area contributed by atoms with Crippen molar-refractivity contribution < 1.29 is 14.1 Å². The van der Waals surface area contributed by atoms with Crippen molar-refractivity contribution in [3.8, 4) is 0 Å². The first-order valence-electron chi connectivity index (χ1n) is 2.05. The van der Waals surface area contributed by atoms with Crippen molar-refractivity contribution >= 4 is 11.9 Å². The van der Waals surface area contributed by atoms with Gasteiger partial charge >= 0.3 is 0 Å². The number of halogens is 2. The Hall–Kier alpha value is 0.130. The van der Waals surface area contributed by atoms with Crippen LogP contribution in [0.25, 0.3) is 0 Å². The summed E-state index contributed by atoms with van der Waals surface area (Å²) in [5.74, 6) is 0.0347. The number of aliphatic hydroxyl groups excluding tert-OH is 1. The molecule has 0 spiro atoms. The van der Waals surface area contributed by atoms with Crippen LogP contribution >= 0.6 is 11.9 Å². The molecule has 1 N–H and O–H groups in total. The SMILES string of the molecule is CC(O)CSN(F)F. The predicted molar refractivity (Wildman–Crippen MR) is 28.2 cm³/mol. The Balaban J connectivity index is 2.93. The molecule has 0 aromatic rings. The van der Waals surface area contributed by atoms with E-state index in [2.05, 4.69) is 0 Å². The van der Waals surface area contributed by atoms with Gasteiger partial charge in [0, 0.05) is 5.75 Å². The summed E-state index contributed by atoms with van der Waals surface area (Å²) in [6.45, 7) is 1.45. The molecule has 0 saturated carbocycles. The van der Waals surface area contributed by atoms with Crippen LogP contribution in [0.4, 0.5) is 8.96 Å². The lowest BCUT2D eigenvalue weighted by molar-refractivity contribution is -0.0407. The van der Waals surface area contributed by atoms with E-state index >= 15 is 0 Å². The van der Waals surface area contributed by atoms with E-state index in [0.717, 1.165) is 0 Å². The number of rotatable bonds is 3. The Bertz CT molecular complexity index is 53.2. The summed E-state index contributed by atoms with van der Waals surface area (Å²) in [6.07, 6.45) is -0.672. The zero-order valence-corrected chi connectivity index (χ0v) is 5.16. The Labute approximate surface area is 50.5 Å². The standard InChI is InChI=1S/C3H7F2NOS/c1-3(7)2-8-6(4)5/h3,7H,2H2,1H3. The Morgan fingerprint density at radius 3 is 2.38 bits per heavy atom. The molecule has 0 amide bonds. The highest BCUT2D eigenvalue weighted by molar-refractivity contribution is 7.96. The van der Waals surface area contributed by atoms with Gasteiger partial charge in [0.2, 0.25) is 0 Å². The van der Waals surface area contributed by atoms with Crippen molar-refractivity contribution in [2.45, 2.75) is 13.0 Å². The Morgan fingerprint density at radius 2 is 2.25 bits per heavy atom. The molecule has 1 atom stereocenters. The lowest BCUT2D eigenvalue weighted by Crippen LogP contribution is -2.05. The normalized spacial score (nSPS) is 14.6. The number of nitrogens with zero attached hydrogens (tertiary/aromatic N) is 1. The topological polar surface area (TPSA) is 23.5 Å². The quantitative estimate of drug-likeness (QED) is 0.472. The van der Waals surface area contributed by atoms with E-state index in [4.69, 9.17) is 5.11 Å². The van der Waals surface area contributed by atoms with Crippen molar-refractivity contribution in [3.05, 3.63) is 0 Å². The van der Waals surface area contributed by atoms with E-state index in [1.165, 1.54) is 6.92 Å². The maximum absolute atomic E-state index is 11.1. The highest BCUT2D eigenvalue weighted by atomic mass is 32.2. The van der Waals surface area contributed by atoms with Gasteiger partial charge in [-0.1, -0.05) is 8.96 Å². The van der Waals surface area contributed by atoms with Gasteiger partial charge in [0.15, 0.2) is 0 Å². The average Bonchev–Trinajstić information content (AvgIpc) is 1.61. The van der Waals surface area contributed by atoms with Crippen molar-refractivity contribution in [2.24, 2.45) is 0 Å². The maximum Gasteiger partial charge on any atom is 0.0820 e. The third kappa shape index (κ3) is 6.13. The van der Waals surface area contributed by atoms with Crippen LogP contribution in [0.1, 0.15) is 6.92 Å². The number of hydrogen-bond acceptors (Lipinski definition) is 3. The lowest BCUT2D eigenvalue weighted by Gasteiger charge is -2.00. The molecule has 5 heteroatoms. The third-order valence-electron chi connectivity index (χ3n) is 0.413.